The number of ether oxygens (including phenoxy) is 8. The van der Waals surface area contributed by atoms with E-state index in [0.29, 0.717) is 0 Å². The number of aliphatic hydroxyl groups is 10. The summed E-state index contributed by atoms with van der Waals surface area (Å²) in [7, 11) is 0. The molecule has 4 fully saturated rings. The Bertz CT molecular complexity index is 4530. The Kier molecular flexibility index (Phi) is 53.7. The zero-order valence-electron chi connectivity index (χ0n) is 84.4. The number of carbonyl (C=O) groups excluding carboxylic acids is 19. The first kappa shape index (κ1) is 128. The van der Waals surface area contributed by atoms with E-state index in [4.69, 9.17) is 49.4 Å². The molecule has 34 N–H and O–H groups in total. The fourth-order valence-electron chi connectivity index (χ4n) is 15.2. The number of primary amides is 1. The molecule has 4 aliphatic rings. The van der Waals surface area contributed by atoms with Crippen molar-refractivity contribution in [3.63, 3.8) is 0 Å². The number of aliphatic carboxylic acids is 2. The Labute approximate surface area is 849 Å². The van der Waals surface area contributed by atoms with Crippen LogP contribution < -0.4 is 107 Å². The summed E-state index contributed by atoms with van der Waals surface area (Å²) in [4.78, 5) is 275. The fraction of sp³-hybridized carbons (Fsp3) is 0.759. The molecule has 19 amide bonds. The van der Waals surface area contributed by atoms with Crippen LogP contribution in [0.25, 0.3) is 0 Å². The van der Waals surface area contributed by atoms with Crippen molar-refractivity contribution in [1.82, 2.24) is 95.7 Å². The molecule has 0 spiro atoms. The molecule has 4 aliphatic heterocycles. The fourth-order valence-corrected chi connectivity index (χ4v) is 15.2. The maximum Gasteiger partial charge on any atom is 0.326 e. The normalized spacial score (nSPS) is 26.7. The summed E-state index contributed by atoms with van der Waals surface area (Å²) < 4.78 is 46.7. The molecule has 148 heavy (non-hydrogen) atoms. The number of rotatable bonds is 59. The van der Waals surface area contributed by atoms with Crippen LogP contribution in [0.2, 0.25) is 0 Å². The highest BCUT2D eigenvalue weighted by molar-refractivity contribution is 5.98. The zero-order chi connectivity index (χ0) is 112. The van der Waals surface area contributed by atoms with Crippen LogP contribution in [0, 0.1) is 0 Å². The van der Waals surface area contributed by atoms with Crippen LogP contribution in [0.15, 0.2) is 0 Å². The van der Waals surface area contributed by atoms with Gasteiger partial charge >= 0.3 is 11.9 Å². The lowest BCUT2D eigenvalue weighted by Gasteiger charge is -2.48. The van der Waals surface area contributed by atoms with Crippen molar-refractivity contribution < 1.29 is 200 Å². The second-order valence-corrected chi connectivity index (χ2v) is 36.2. The van der Waals surface area contributed by atoms with Gasteiger partial charge in [0.25, 0.3) is 0 Å². The van der Waals surface area contributed by atoms with E-state index in [1.807, 2.05) is 0 Å². The van der Waals surface area contributed by atoms with Gasteiger partial charge in [0.05, 0.1) is 32.5 Å². The van der Waals surface area contributed by atoms with Crippen molar-refractivity contribution in [2.45, 2.75) is 381 Å². The molecular formula is C87H146N20O41. The van der Waals surface area contributed by atoms with Gasteiger partial charge in [0, 0.05) is 53.6 Å². The van der Waals surface area contributed by atoms with Gasteiger partial charge in [-0.2, -0.15) is 0 Å². The van der Waals surface area contributed by atoms with E-state index in [-0.39, 0.29) is 51.6 Å². The number of carbonyl (C=O) groups is 21. The quantitative estimate of drug-likeness (QED) is 0.0251. The van der Waals surface area contributed by atoms with Crippen molar-refractivity contribution in [3.8, 4) is 0 Å². The molecule has 4 heterocycles. The maximum absolute atomic E-state index is 14.1. The number of carboxylic acid groups (broad SMARTS) is 2. The van der Waals surface area contributed by atoms with E-state index in [0.717, 1.165) is 62.3 Å². The molecule has 61 heteroatoms. The van der Waals surface area contributed by atoms with E-state index in [2.05, 4.69) is 95.7 Å². The van der Waals surface area contributed by atoms with Crippen molar-refractivity contribution in [2.75, 3.05) is 39.5 Å². The van der Waals surface area contributed by atoms with Gasteiger partial charge in [-0.25, -0.2) is 4.79 Å². The Morgan fingerprint density at radius 1 is 0.304 bits per heavy atom. The Hall–Kier alpha value is -11.9. The lowest BCUT2D eigenvalue weighted by atomic mass is 9.94. The SMILES string of the molecule is CC(=O)NC1C(OC2C(CO)OC(O)C(NC(C)=O)C2OC(C)C(=O)NC(C)C(=O)NC(CCC(=O)NC(CCCCNC(=O)C(C)NC(=O)C(C)N)C(=O)NC(C)C(=O)NC(C)C(=O)NC(C)C(=O)NCCCCC(NC(=O)CCC(NC(=O)C(C)NC(=O)C(C)OC2C(NC(C)=O)C(O)OC(CO)C2OC2OC(CO)C(O)C(O)C2NC(C)=O)C(=O)O)C(=O)NC(C)C(=O)NC(C)C(=O)O)C(N)=O)OC(CO)C(O)C1O. The third-order valence-electron chi connectivity index (χ3n) is 23.7. The number of aliphatic hydroxyl groups excluding tert-OH is 10. The monoisotopic (exact) mass is 2130 g/mol. The molecule has 0 aromatic rings. The molecule has 0 aliphatic carbocycles. The van der Waals surface area contributed by atoms with Crippen molar-refractivity contribution >= 4 is 124 Å². The topological polar surface area (TPSA) is 944 Å². The van der Waals surface area contributed by atoms with E-state index in [1.165, 1.54) is 41.5 Å². The molecular weight excluding hydrogens is 1980 g/mol. The summed E-state index contributed by atoms with van der Waals surface area (Å²) in [6, 6.07) is -25.2. The number of nitrogens with one attached hydrogen (secondary N) is 18. The summed E-state index contributed by atoms with van der Waals surface area (Å²) in [6.07, 6.45) is -34.1. The van der Waals surface area contributed by atoms with Gasteiger partial charge in [-0.3, -0.25) is 95.9 Å². The molecule has 840 valence electrons. The smallest absolute Gasteiger partial charge is 0.326 e. The standard InChI is InChI=1S/C87H146N20O41/c1-32(88)70(123)92-33(2)71(124)90-26-18-16-20-48(104-55(116)24-22-47(69(89)122)106-76(129)38(7)95-78(131)41(10)141-67-59(102-45(14)114)84(139)143-53(30-110)65(67)147-86-57(100-43(12)112)63(120)61(118)51(28-108)145-86)80(133)97-36(5)74(127)94-35(4)73(126)93-34(3)72(125)91-27-19-17-21-49(81(134)98-37(6)75(128)99-40(9)82(135)136)105-56(117)25-23-50(83(137)138)107-77(130)39(8)96-79(132)42(11)142-68-60(103-46(15)115)85(140)144-54(31-111)66(68)148-87-58(101-44(13)113)64(121)62(119)52(29-109)146-87/h32-42,47-54,57-68,84-87,108-111,118-121,139-140H,16-31,88H2,1-15H3,(H2,89,122)(H,90,124)(H,91,125)(H,92,123)(H,93,126)(H,94,127)(H,95,131)(H,96,132)(H,97,133)(H,98,134)(H,99,128)(H,100,112)(H,101,113)(H,102,114)(H,103,115)(H,104,116)(H,105,117)(H,106,129)(H,107,130)(H,135,136)(H,137,138). The molecule has 0 bridgehead atoms. The highest BCUT2D eigenvalue weighted by atomic mass is 16.7. The predicted octanol–water partition coefficient (Wildman–Crippen LogP) is -16.3. The highest BCUT2D eigenvalue weighted by Gasteiger charge is 2.56. The first-order valence-corrected chi connectivity index (χ1v) is 47.8. The second kappa shape index (κ2) is 61.9. The van der Waals surface area contributed by atoms with Crippen LogP contribution in [0.3, 0.4) is 0 Å². The van der Waals surface area contributed by atoms with Crippen LogP contribution in [-0.2, 0) is 139 Å². The van der Waals surface area contributed by atoms with Crippen molar-refractivity contribution in [3.05, 3.63) is 0 Å². The van der Waals surface area contributed by atoms with Crippen LogP contribution in [-0.4, -0.2) is 438 Å². The summed E-state index contributed by atoms with van der Waals surface area (Å²) in [6.45, 7) is 13.7. The number of amides is 19. The largest absolute Gasteiger partial charge is 0.480 e. The minimum Gasteiger partial charge on any atom is -0.480 e. The molecule has 0 saturated carbocycles. The number of unbranched alkanes of at least 4 members (excludes halogenated alkanes) is 2. The number of hydrogen-bond donors (Lipinski definition) is 32. The first-order chi connectivity index (χ1) is 69.2. The van der Waals surface area contributed by atoms with Crippen LogP contribution >= 0.6 is 0 Å². The van der Waals surface area contributed by atoms with E-state index < -0.39 is 390 Å². The molecule has 35 unspecified atom stereocenters. The predicted molar refractivity (Wildman–Crippen MR) is 499 cm³/mol. The number of carboxylic acids is 2. The van der Waals surface area contributed by atoms with Gasteiger partial charge in [-0.1, -0.05) is 0 Å². The maximum atomic E-state index is 14.1. The van der Waals surface area contributed by atoms with Gasteiger partial charge in [0.1, 0.15) is 182 Å². The summed E-state index contributed by atoms with van der Waals surface area (Å²) >= 11 is 0. The average molecular weight is 2130 g/mol. The molecule has 0 aromatic heterocycles. The lowest BCUT2D eigenvalue weighted by molar-refractivity contribution is -0.333. The summed E-state index contributed by atoms with van der Waals surface area (Å²) in [5.74, 6) is -20.6. The average Bonchev–Trinajstić information content (AvgIpc) is 0.772. The van der Waals surface area contributed by atoms with E-state index >= 15 is 0 Å². The van der Waals surface area contributed by atoms with Crippen molar-refractivity contribution in [2.24, 2.45) is 11.5 Å². The van der Waals surface area contributed by atoms with Gasteiger partial charge in [-0.05, 0) is 128 Å². The Balaban J connectivity index is 1.40. The molecule has 0 aromatic carbocycles. The molecule has 4 rings (SSSR count). The Morgan fingerprint density at radius 2 is 0.595 bits per heavy atom. The third kappa shape index (κ3) is 40.5. The van der Waals surface area contributed by atoms with E-state index in [9.17, 15) is 162 Å². The number of hydrogen-bond acceptors (Lipinski definition) is 40. The van der Waals surface area contributed by atoms with Crippen LogP contribution in [0.5, 0.6) is 0 Å². The summed E-state index contributed by atoms with van der Waals surface area (Å²) in [5.41, 5.74) is 11.3. The first-order valence-electron chi connectivity index (χ1n) is 47.8. The number of nitrogens with two attached hydrogens (primary N) is 2. The van der Waals surface area contributed by atoms with E-state index in [1.54, 1.807) is 0 Å². The van der Waals surface area contributed by atoms with Gasteiger partial charge < -0.3 is 206 Å². The zero-order valence-corrected chi connectivity index (χ0v) is 84.4. The van der Waals surface area contributed by atoms with Gasteiger partial charge in [0.2, 0.25) is 112 Å². The van der Waals surface area contributed by atoms with Crippen molar-refractivity contribution in [1.29, 1.82) is 0 Å². The van der Waals surface area contributed by atoms with Gasteiger partial charge in [0.15, 0.2) is 25.2 Å². The lowest BCUT2D eigenvalue weighted by Crippen LogP contribution is -2.70. The van der Waals surface area contributed by atoms with Gasteiger partial charge in [-0.15, -0.1) is 0 Å². The Morgan fingerprint density at radius 3 is 0.905 bits per heavy atom. The third-order valence-corrected chi connectivity index (χ3v) is 23.7. The second-order valence-electron chi connectivity index (χ2n) is 36.2. The molecule has 4 saturated heterocycles. The highest BCUT2D eigenvalue weighted by Crippen LogP contribution is 2.34. The van der Waals surface area contributed by atoms with Crippen LogP contribution in [0.4, 0.5) is 0 Å². The molecule has 0 radical (unpaired) electrons. The molecule has 35 atom stereocenters. The van der Waals surface area contributed by atoms with Crippen LogP contribution in [0.1, 0.15) is 168 Å². The minimum atomic E-state index is -1.98. The molecule has 61 nitrogen and oxygen atoms in total. The summed E-state index contributed by atoms with van der Waals surface area (Å²) in [5, 5.41) is 169. The minimum absolute atomic E-state index is 0.00929.